The first-order valence-corrected chi connectivity index (χ1v) is 7.46. The maximum absolute atomic E-state index is 10.8. The first-order chi connectivity index (χ1) is 10.0. The van der Waals surface area contributed by atoms with E-state index in [1.807, 2.05) is 0 Å². The summed E-state index contributed by atoms with van der Waals surface area (Å²) < 4.78 is 0. The highest BCUT2D eigenvalue weighted by atomic mass is 16.6. The maximum Gasteiger partial charge on any atom is 0.292 e. The second-order valence-electron chi connectivity index (χ2n) is 5.77. The number of likely N-dealkylation sites (tertiary alicyclic amines) is 1. The molecule has 1 aliphatic rings. The predicted octanol–water partition coefficient (Wildman–Crippen LogP) is 2.09. The highest BCUT2D eigenvalue weighted by Gasteiger charge is 2.24. The third-order valence-electron chi connectivity index (χ3n) is 4.17. The van der Waals surface area contributed by atoms with Gasteiger partial charge in [-0.25, -0.2) is 0 Å². The molecule has 1 saturated heterocycles. The third kappa shape index (κ3) is 3.92. The van der Waals surface area contributed by atoms with Crippen molar-refractivity contribution in [3.05, 3.63) is 33.9 Å². The Morgan fingerprint density at radius 3 is 2.90 bits per heavy atom. The predicted molar refractivity (Wildman–Crippen MR) is 84.1 cm³/mol. The van der Waals surface area contributed by atoms with Crippen molar-refractivity contribution in [2.75, 3.05) is 32.4 Å². The zero-order valence-corrected chi connectivity index (χ0v) is 12.8. The maximum atomic E-state index is 10.8. The Bertz CT molecular complexity index is 506. The van der Waals surface area contributed by atoms with Crippen LogP contribution in [0.4, 0.5) is 11.4 Å². The van der Waals surface area contributed by atoms with Crippen LogP contribution in [0, 0.1) is 10.1 Å². The van der Waals surface area contributed by atoms with E-state index in [0.29, 0.717) is 6.04 Å². The SMILES string of the molecule is CCN1CCCC1CN(C)Cc1ccc([N+](=O)[O-])c(N)c1. The summed E-state index contributed by atoms with van der Waals surface area (Å²) in [7, 11) is 2.09. The van der Waals surface area contributed by atoms with Crippen molar-refractivity contribution >= 4 is 11.4 Å². The van der Waals surface area contributed by atoms with Gasteiger partial charge in [0, 0.05) is 25.2 Å². The van der Waals surface area contributed by atoms with E-state index in [1.165, 1.54) is 25.5 Å². The Hall–Kier alpha value is -1.66. The summed E-state index contributed by atoms with van der Waals surface area (Å²) in [5, 5.41) is 10.8. The van der Waals surface area contributed by atoms with E-state index in [2.05, 4.69) is 23.8 Å². The van der Waals surface area contributed by atoms with Gasteiger partial charge in [-0.05, 0) is 44.6 Å². The molecule has 1 heterocycles. The number of hydrogen-bond donors (Lipinski definition) is 1. The van der Waals surface area contributed by atoms with Gasteiger partial charge in [-0.15, -0.1) is 0 Å². The summed E-state index contributed by atoms with van der Waals surface area (Å²) >= 11 is 0. The summed E-state index contributed by atoms with van der Waals surface area (Å²) in [6, 6.07) is 5.61. The normalized spacial score (nSPS) is 19.3. The average Bonchev–Trinajstić information content (AvgIpc) is 2.85. The summed E-state index contributed by atoms with van der Waals surface area (Å²) in [5.41, 5.74) is 6.97. The van der Waals surface area contributed by atoms with Gasteiger partial charge in [0.05, 0.1) is 4.92 Å². The standard InChI is InChI=1S/C15H24N4O2/c1-3-18-8-4-5-13(18)11-17(2)10-12-6-7-15(19(20)21)14(16)9-12/h6-7,9,13H,3-5,8,10-11,16H2,1-2H3. The van der Waals surface area contributed by atoms with Gasteiger partial charge in [-0.2, -0.15) is 0 Å². The number of anilines is 1. The molecule has 0 aromatic heterocycles. The number of nitrogen functional groups attached to an aromatic ring is 1. The Morgan fingerprint density at radius 2 is 2.29 bits per heavy atom. The second kappa shape index (κ2) is 6.87. The van der Waals surface area contributed by atoms with E-state index in [-0.39, 0.29) is 11.4 Å². The van der Waals surface area contributed by atoms with Gasteiger partial charge in [0.15, 0.2) is 0 Å². The highest BCUT2D eigenvalue weighted by molar-refractivity contribution is 5.59. The Balaban J connectivity index is 1.95. The molecular weight excluding hydrogens is 268 g/mol. The number of hydrogen-bond acceptors (Lipinski definition) is 5. The van der Waals surface area contributed by atoms with Crippen LogP contribution >= 0.6 is 0 Å². The topological polar surface area (TPSA) is 75.6 Å². The Morgan fingerprint density at radius 1 is 1.52 bits per heavy atom. The Labute approximate surface area is 125 Å². The highest BCUT2D eigenvalue weighted by Crippen LogP contribution is 2.23. The minimum absolute atomic E-state index is 0.0191. The molecule has 6 heteroatoms. The monoisotopic (exact) mass is 292 g/mol. The van der Waals surface area contributed by atoms with Crippen molar-refractivity contribution in [3.8, 4) is 0 Å². The number of nitro groups is 1. The van der Waals surface area contributed by atoms with Crippen LogP contribution in [-0.2, 0) is 6.54 Å². The van der Waals surface area contributed by atoms with Crippen LogP contribution in [0.2, 0.25) is 0 Å². The molecule has 1 fully saturated rings. The van der Waals surface area contributed by atoms with Crippen LogP contribution in [-0.4, -0.2) is 47.4 Å². The molecule has 2 N–H and O–H groups in total. The number of nitrogens with zero attached hydrogens (tertiary/aromatic N) is 3. The number of rotatable bonds is 6. The smallest absolute Gasteiger partial charge is 0.292 e. The summed E-state index contributed by atoms with van der Waals surface area (Å²) in [6.07, 6.45) is 2.53. The molecule has 1 unspecified atom stereocenters. The van der Waals surface area contributed by atoms with Gasteiger partial charge in [-0.1, -0.05) is 13.0 Å². The molecule has 0 saturated carbocycles. The lowest BCUT2D eigenvalue weighted by molar-refractivity contribution is -0.383. The second-order valence-corrected chi connectivity index (χ2v) is 5.77. The van der Waals surface area contributed by atoms with Crippen molar-refractivity contribution in [2.45, 2.75) is 32.4 Å². The van der Waals surface area contributed by atoms with Crippen LogP contribution in [0.3, 0.4) is 0 Å². The van der Waals surface area contributed by atoms with Crippen molar-refractivity contribution in [1.82, 2.24) is 9.80 Å². The van der Waals surface area contributed by atoms with Gasteiger partial charge in [-0.3, -0.25) is 15.0 Å². The molecule has 1 aliphatic heterocycles. The molecule has 2 rings (SSSR count). The lowest BCUT2D eigenvalue weighted by Crippen LogP contribution is -2.38. The van der Waals surface area contributed by atoms with Crippen molar-refractivity contribution in [1.29, 1.82) is 0 Å². The molecule has 0 amide bonds. The van der Waals surface area contributed by atoms with E-state index in [1.54, 1.807) is 12.1 Å². The van der Waals surface area contributed by atoms with Crippen LogP contribution in [0.5, 0.6) is 0 Å². The zero-order chi connectivity index (χ0) is 15.4. The van der Waals surface area contributed by atoms with E-state index in [4.69, 9.17) is 5.73 Å². The molecule has 0 radical (unpaired) electrons. The number of nitrogens with two attached hydrogens (primary N) is 1. The van der Waals surface area contributed by atoms with E-state index in [9.17, 15) is 10.1 Å². The van der Waals surface area contributed by atoms with Gasteiger partial charge < -0.3 is 10.6 Å². The van der Waals surface area contributed by atoms with Crippen molar-refractivity contribution < 1.29 is 4.92 Å². The molecule has 0 spiro atoms. The Kier molecular flexibility index (Phi) is 5.14. The molecule has 0 aliphatic carbocycles. The summed E-state index contributed by atoms with van der Waals surface area (Å²) in [6.45, 7) is 6.28. The third-order valence-corrected chi connectivity index (χ3v) is 4.17. The van der Waals surface area contributed by atoms with Crippen LogP contribution in [0.1, 0.15) is 25.3 Å². The summed E-state index contributed by atoms with van der Waals surface area (Å²) in [5.74, 6) is 0. The minimum atomic E-state index is -0.444. The number of benzene rings is 1. The minimum Gasteiger partial charge on any atom is -0.393 e. The first-order valence-electron chi connectivity index (χ1n) is 7.46. The van der Waals surface area contributed by atoms with E-state index < -0.39 is 4.92 Å². The molecule has 1 atom stereocenters. The van der Waals surface area contributed by atoms with Crippen molar-refractivity contribution in [2.24, 2.45) is 0 Å². The van der Waals surface area contributed by atoms with Crippen molar-refractivity contribution in [3.63, 3.8) is 0 Å². The van der Waals surface area contributed by atoms with Gasteiger partial charge in [0.1, 0.15) is 5.69 Å². The fourth-order valence-corrected chi connectivity index (χ4v) is 3.12. The molecular formula is C15H24N4O2. The quantitative estimate of drug-likeness (QED) is 0.493. The molecule has 21 heavy (non-hydrogen) atoms. The average molecular weight is 292 g/mol. The van der Waals surface area contributed by atoms with Crippen LogP contribution < -0.4 is 5.73 Å². The van der Waals surface area contributed by atoms with Crippen LogP contribution in [0.25, 0.3) is 0 Å². The van der Waals surface area contributed by atoms with Gasteiger partial charge >= 0.3 is 0 Å². The first kappa shape index (κ1) is 15.7. The largest absolute Gasteiger partial charge is 0.393 e. The lowest BCUT2D eigenvalue weighted by atomic mass is 10.1. The summed E-state index contributed by atoms with van der Waals surface area (Å²) in [4.78, 5) is 15.1. The zero-order valence-electron chi connectivity index (χ0n) is 12.8. The van der Waals surface area contributed by atoms with Crippen LogP contribution in [0.15, 0.2) is 18.2 Å². The molecule has 1 aromatic carbocycles. The molecule has 116 valence electrons. The molecule has 6 nitrogen and oxygen atoms in total. The van der Waals surface area contributed by atoms with E-state index in [0.717, 1.165) is 25.2 Å². The number of likely N-dealkylation sites (N-methyl/N-ethyl adjacent to an activating group) is 2. The fourth-order valence-electron chi connectivity index (χ4n) is 3.12. The molecule has 0 bridgehead atoms. The van der Waals surface area contributed by atoms with E-state index >= 15 is 0 Å². The van der Waals surface area contributed by atoms with Gasteiger partial charge in [0.25, 0.3) is 5.69 Å². The lowest BCUT2D eigenvalue weighted by Gasteiger charge is -2.27. The van der Waals surface area contributed by atoms with Gasteiger partial charge in [0.2, 0.25) is 0 Å². The molecule has 1 aromatic rings. The number of nitro benzene ring substituents is 1. The fraction of sp³-hybridized carbons (Fsp3) is 0.600.